The van der Waals surface area contributed by atoms with Gasteiger partial charge in [0.1, 0.15) is 11.4 Å². The Kier molecular flexibility index (Phi) is 7.88. The normalized spacial score (nSPS) is 17.9. The smallest absolute Gasteiger partial charge is 0.306 e. The number of nitrogens with one attached hydrogen (secondary N) is 1. The quantitative estimate of drug-likeness (QED) is 0.386. The van der Waals surface area contributed by atoms with E-state index in [0.717, 1.165) is 18.5 Å². The summed E-state index contributed by atoms with van der Waals surface area (Å²) in [7, 11) is 1.79. The highest BCUT2D eigenvalue weighted by Gasteiger charge is 2.28. The lowest BCUT2D eigenvalue weighted by Gasteiger charge is -2.27. The highest BCUT2D eigenvalue weighted by molar-refractivity contribution is 5.70. The van der Waals surface area contributed by atoms with Crippen molar-refractivity contribution < 1.29 is 23.6 Å². The number of aryl methyl sites for hydroxylation is 3. The molecule has 188 valence electrons. The molecule has 0 bridgehead atoms. The molecule has 0 spiro atoms. The molecule has 0 amide bonds. The first kappa shape index (κ1) is 24.6. The molecule has 35 heavy (non-hydrogen) atoms. The molecule has 12 heteroatoms. The Balaban J connectivity index is 1.42. The van der Waals surface area contributed by atoms with E-state index in [9.17, 15) is 14.3 Å². The van der Waals surface area contributed by atoms with Crippen molar-refractivity contribution in [2.75, 3.05) is 12.0 Å². The molecule has 2 N–H and O–H groups in total. The fourth-order valence-electron chi connectivity index (χ4n) is 4.20. The molecule has 3 aromatic heterocycles. The number of aliphatic carboxylic acids is 1. The van der Waals surface area contributed by atoms with Crippen LogP contribution in [-0.2, 0) is 24.8 Å². The third-order valence-corrected chi connectivity index (χ3v) is 6.15. The van der Waals surface area contributed by atoms with E-state index in [1.807, 2.05) is 19.1 Å². The van der Waals surface area contributed by atoms with Crippen LogP contribution in [0.5, 0.6) is 5.75 Å². The molecule has 2 atom stereocenters. The molecule has 0 aromatic carbocycles. The summed E-state index contributed by atoms with van der Waals surface area (Å²) in [6, 6.07) is 3.67. The van der Waals surface area contributed by atoms with Crippen LogP contribution >= 0.6 is 0 Å². The van der Waals surface area contributed by atoms with Gasteiger partial charge in [-0.1, -0.05) is 5.21 Å². The van der Waals surface area contributed by atoms with E-state index in [-0.39, 0.29) is 18.7 Å². The number of alkyl halides is 1. The van der Waals surface area contributed by atoms with E-state index >= 15 is 0 Å². The predicted octanol–water partition coefficient (Wildman–Crippen LogP) is 3.50. The van der Waals surface area contributed by atoms with Crippen LogP contribution in [-0.4, -0.2) is 54.0 Å². The van der Waals surface area contributed by atoms with Gasteiger partial charge < -0.3 is 19.7 Å². The number of anilines is 1. The number of rotatable bonds is 11. The molecule has 4 rings (SSSR count). The minimum Gasteiger partial charge on any atom is -0.489 e. The Hall–Kier alpha value is -3.57. The summed E-state index contributed by atoms with van der Waals surface area (Å²) >= 11 is 0. The lowest BCUT2D eigenvalue weighted by molar-refractivity contribution is -0.143. The standard InChI is InChI=1S/C23H30FN7O4/c1-14-19(34-16-7-5-6-15(12-16)22(32)33)10-9-17(26-14)21-18(31(2)30-28-21)13-25-23-27-20(35-29-23)8-3-4-11-24/h9-10,15-16H,3-8,11-13H2,1-2H3,(H,25,29)(H,32,33)/t15-,16-/m0/s1. The monoisotopic (exact) mass is 487 g/mol. The summed E-state index contributed by atoms with van der Waals surface area (Å²) < 4.78 is 25.2. The van der Waals surface area contributed by atoms with Crippen molar-refractivity contribution in [2.24, 2.45) is 13.0 Å². The average Bonchev–Trinajstić information content (AvgIpc) is 3.45. The first-order valence-electron chi connectivity index (χ1n) is 11.8. The average molecular weight is 488 g/mol. The van der Waals surface area contributed by atoms with Crippen LogP contribution in [0.2, 0.25) is 0 Å². The van der Waals surface area contributed by atoms with E-state index in [0.29, 0.717) is 73.3 Å². The molecule has 11 nitrogen and oxygen atoms in total. The van der Waals surface area contributed by atoms with Gasteiger partial charge >= 0.3 is 5.97 Å². The zero-order valence-corrected chi connectivity index (χ0v) is 19.9. The third-order valence-electron chi connectivity index (χ3n) is 6.15. The van der Waals surface area contributed by atoms with E-state index in [1.54, 1.807) is 11.7 Å². The number of carboxylic acid groups (broad SMARTS) is 1. The van der Waals surface area contributed by atoms with E-state index < -0.39 is 5.97 Å². The van der Waals surface area contributed by atoms with Crippen LogP contribution in [0.3, 0.4) is 0 Å². The lowest BCUT2D eigenvalue weighted by atomic mass is 9.87. The fraction of sp³-hybridized carbons (Fsp3) is 0.565. The van der Waals surface area contributed by atoms with Crippen LogP contribution in [0.1, 0.15) is 55.8 Å². The fourth-order valence-corrected chi connectivity index (χ4v) is 4.20. The second-order valence-corrected chi connectivity index (χ2v) is 8.74. The van der Waals surface area contributed by atoms with Crippen molar-refractivity contribution in [3.8, 4) is 17.1 Å². The molecule has 1 fully saturated rings. The number of carboxylic acids is 1. The van der Waals surface area contributed by atoms with Gasteiger partial charge in [-0.15, -0.1) is 5.10 Å². The van der Waals surface area contributed by atoms with Gasteiger partial charge in [0.05, 0.1) is 42.3 Å². The topological polar surface area (TPSA) is 141 Å². The van der Waals surface area contributed by atoms with Gasteiger partial charge in [0.15, 0.2) is 0 Å². The number of nitrogens with zero attached hydrogens (tertiary/aromatic N) is 6. The zero-order valence-electron chi connectivity index (χ0n) is 19.9. The Morgan fingerprint density at radius 2 is 2.17 bits per heavy atom. The van der Waals surface area contributed by atoms with Gasteiger partial charge in [-0.05, 0) is 62.7 Å². The van der Waals surface area contributed by atoms with Crippen LogP contribution in [0, 0.1) is 12.8 Å². The number of carbonyl (C=O) groups is 1. The highest BCUT2D eigenvalue weighted by Crippen LogP contribution is 2.30. The van der Waals surface area contributed by atoms with Gasteiger partial charge in [-0.25, -0.2) is 9.67 Å². The first-order valence-corrected chi connectivity index (χ1v) is 11.8. The maximum absolute atomic E-state index is 12.3. The Labute approximate surface area is 202 Å². The zero-order chi connectivity index (χ0) is 24.8. The summed E-state index contributed by atoms with van der Waals surface area (Å²) in [5.41, 5.74) is 2.74. The van der Waals surface area contributed by atoms with E-state index in [2.05, 4.69) is 30.8 Å². The number of unbranched alkanes of at least 4 members (excludes halogenated alkanes) is 1. The Morgan fingerprint density at radius 3 is 2.94 bits per heavy atom. The molecule has 0 saturated heterocycles. The van der Waals surface area contributed by atoms with Crippen molar-refractivity contribution in [1.29, 1.82) is 0 Å². The molecule has 1 aliphatic rings. The first-order chi connectivity index (χ1) is 16.9. The van der Waals surface area contributed by atoms with Gasteiger partial charge in [-0.2, -0.15) is 4.98 Å². The van der Waals surface area contributed by atoms with Crippen LogP contribution in [0.25, 0.3) is 11.4 Å². The van der Waals surface area contributed by atoms with Crippen molar-refractivity contribution in [2.45, 2.75) is 64.5 Å². The summed E-state index contributed by atoms with van der Waals surface area (Å²) in [6.07, 6.45) is 4.38. The number of halogens is 1. The lowest BCUT2D eigenvalue weighted by Crippen LogP contribution is -2.29. The second-order valence-electron chi connectivity index (χ2n) is 8.74. The summed E-state index contributed by atoms with van der Waals surface area (Å²) in [5.74, 6) is 0.320. The summed E-state index contributed by atoms with van der Waals surface area (Å²) in [4.78, 5) is 20.3. The van der Waals surface area contributed by atoms with Crippen molar-refractivity contribution in [1.82, 2.24) is 30.1 Å². The SMILES string of the molecule is Cc1nc(-c2nnn(C)c2CNc2noc(CCCCF)n2)ccc1O[C@H]1CCC[C@H](C(=O)O)C1. The summed E-state index contributed by atoms with van der Waals surface area (Å²) in [5, 5.41) is 24.7. The molecule has 0 radical (unpaired) electrons. The van der Waals surface area contributed by atoms with Crippen molar-refractivity contribution >= 4 is 11.9 Å². The molecular weight excluding hydrogens is 457 g/mol. The number of pyridine rings is 1. The van der Waals surface area contributed by atoms with Crippen LogP contribution < -0.4 is 10.1 Å². The molecule has 1 saturated carbocycles. The predicted molar refractivity (Wildman–Crippen MR) is 124 cm³/mol. The molecular formula is C23H30FN7O4. The van der Waals surface area contributed by atoms with Gasteiger partial charge in [0, 0.05) is 13.5 Å². The maximum atomic E-state index is 12.3. The molecule has 3 heterocycles. The second kappa shape index (κ2) is 11.2. The summed E-state index contributed by atoms with van der Waals surface area (Å²) in [6.45, 7) is 1.84. The number of ether oxygens (including phenoxy) is 1. The molecule has 0 unspecified atom stereocenters. The van der Waals surface area contributed by atoms with Crippen LogP contribution in [0.4, 0.5) is 10.3 Å². The van der Waals surface area contributed by atoms with Crippen molar-refractivity contribution in [3.05, 3.63) is 29.4 Å². The molecule has 3 aromatic rings. The maximum Gasteiger partial charge on any atom is 0.306 e. The number of hydrogen-bond acceptors (Lipinski definition) is 9. The largest absolute Gasteiger partial charge is 0.489 e. The Bertz CT molecular complexity index is 1150. The number of hydrogen-bond donors (Lipinski definition) is 2. The number of aromatic nitrogens is 6. The van der Waals surface area contributed by atoms with E-state index in [4.69, 9.17) is 9.26 Å². The van der Waals surface area contributed by atoms with E-state index in [1.165, 1.54) is 0 Å². The minimum atomic E-state index is -0.763. The van der Waals surface area contributed by atoms with Gasteiger partial charge in [0.2, 0.25) is 5.89 Å². The van der Waals surface area contributed by atoms with Gasteiger partial charge in [-0.3, -0.25) is 9.18 Å². The molecule has 0 aliphatic heterocycles. The van der Waals surface area contributed by atoms with Crippen LogP contribution in [0.15, 0.2) is 16.7 Å². The van der Waals surface area contributed by atoms with Crippen molar-refractivity contribution in [3.63, 3.8) is 0 Å². The highest BCUT2D eigenvalue weighted by atomic mass is 19.1. The third kappa shape index (κ3) is 6.11. The molecule has 1 aliphatic carbocycles. The van der Waals surface area contributed by atoms with Gasteiger partial charge in [0.25, 0.3) is 5.95 Å². The minimum absolute atomic E-state index is 0.135. The Morgan fingerprint density at radius 1 is 1.31 bits per heavy atom.